The Morgan fingerprint density at radius 3 is 2.52 bits per heavy atom. The van der Waals surface area contributed by atoms with Crippen LogP contribution in [0.4, 0.5) is 0 Å². The van der Waals surface area contributed by atoms with Crippen LogP contribution in [-0.2, 0) is 10.0 Å². The van der Waals surface area contributed by atoms with E-state index in [4.69, 9.17) is 0 Å². The van der Waals surface area contributed by atoms with Crippen LogP contribution in [0.3, 0.4) is 0 Å². The molecule has 7 heteroatoms. The average Bonchev–Trinajstić information content (AvgIpc) is 2.92. The number of thioether (sulfide) groups is 1. The Balaban J connectivity index is 2.23. The molecular weight excluding hydrogens is 324 g/mol. The molecule has 112 valence electrons. The van der Waals surface area contributed by atoms with Crippen molar-refractivity contribution in [3.8, 4) is 0 Å². The molecule has 2 aromatic rings. The summed E-state index contributed by atoms with van der Waals surface area (Å²) in [5.41, 5.74) is 1.95. The van der Waals surface area contributed by atoms with Crippen molar-refractivity contribution in [2.75, 3.05) is 13.3 Å². The summed E-state index contributed by atoms with van der Waals surface area (Å²) < 4.78 is 26.8. The molecule has 0 fully saturated rings. The maximum Gasteiger partial charge on any atom is 0.278 e. The monoisotopic (exact) mass is 340 g/mol. The number of nitrogens with zero attached hydrogens (tertiary/aromatic N) is 2. The second-order valence-corrected chi connectivity index (χ2v) is 8.31. The number of hydrogen-bond acceptors (Lipinski definition) is 5. The molecule has 0 atom stereocenters. The number of hydrazone groups is 1. The minimum atomic E-state index is -3.60. The van der Waals surface area contributed by atoms with Gasteiger partial charge in [-0.1, -0.05) is 17.7 Å². The summed E-state index contributed by atoms with van der Waals surface area (Å²) in [7, 11) is -2.16. The van der Waals surface area contributed by atoms with E-state index in [0.29, 0.717) is 0 Å². The predicted molar refractivity (Wildman–Crippen MR) is 89.8 cm³/mol. The van der Waals surface area contributed by atoms with Gasteiger partial charge < -0.3 is 0 Å². The van der Waals surface area contributed by atoms with E-state index >= 15 is 0 Å². The summed E-state index contributed by atoms with van der Waals surface area (Å²) in [5.74, 6) is 0. The lowest BCUT2D eigenvalue weighted by atomic mass is 10.2. The van der Waals surface area contributed by atoms with Crippen LogP contribution in [0.15, 0.2) is 49.9 Å². The van der Waals surface area contributed by atoms with Gasteiger partial charge in [-0.3, -0.25) is 0 Å². The maximum absolute atomic E-state index is 12.4. The average molecular weight is 340 g/mol. The zero-order valence-electron chi connectivity index (χ0n) is 12.0. The van der Waals surface area contributed by atoms with Gasteiger partial charge in [0.05, 0.1) is 15.3 Å². The minimum Gasteiger partial charge on any atom is -0.200 e. The summed E-state index contributed by atoms with van der Waals surface area (Å²) in [6, 6.07) is 8.65. The number of sulfonamides is 1. The van der Waals surface area contributed by atoms with Gasteiger partial charge in [0.2, 0.25) is 0 Å². The van der Waals surface area contributed by atoms with E-state index in [0.717, 1.165) is 19.8 Å². The fourth-order valence-electron chi connectivity index (χ4n) is 1.64. The van der Waals surface area contributed by atoms with Crippen molar-refractivity contribution >= 4 is 39.3 Å². The van der Waals surface area contributed by atoms with E-state index in [-0.39, 0.29) is 4.90 Å². The van der Waals surface area contributed by atoms with Gasteiger partial charge in [-0.2, -0.15) is 17.9 Å². The Kier molecular flexibility index (Phi) is 5.08. The van der Waals surface area contributed by atoms with Gasteiger partial charge in [0, 0.05) is 12.6 Å². The Hall–Kier alpha value is -1.31. The molecule has 0 saturated carbocycles. The van der Waals surface area contributed by atoms with Gasteiger partial charge in [-0.15, -0.1) is 23.1 Å². The first-order valence-corrected chi connectivity index (χ1v) is 9.70. The van der Waals surface area contributed by atoms with Crippen LogP contribution in [-0.4, -0.2) is 32.4 Å². The largest absolute Gasteiger partial charge is 0.278 e. The molecule has 0 amide bonds. The van der Waals surface area contributed by atoms with Crippen LogP contribution in [0.25, 0.3) is 0 Å². The van der Waals surface area contributed by atoms with Crippen LogP contribution in [0, 0.1) is 6.92 Å². The van der Waals surface area contributed by atoms with Gasteiger partial charge >= 0.3 is 0 Å². The molecule has 0 aliphatic carbocycles. The summed E-state index contributed by atoms with van der Waals surface area (Å²) in [4.78, 5) is 0.239. The van der Waals surface area contributed by atoms with Crippen molar-refractivity contribution in [2.24, 2.45) is 5.10 Å². The summed E-state index contributed by atoms with van der Waals surface area (Å²) >= 11 is 3.23. The normalized spacial score (nSPS) is 12.0. The van der Waals surface area contributed by atoms with Crippen LogP contribution in [0.5, 0.6) is 0 Å². The predicted octanol–water partition coefficient (Wildman–Crippen LogP) is 3.43. The number of thiophene rings is 1. The second-order valence-electron chi connectivity index (χ2n) is 4.36. The highest BCUT2D eigenvalue weighted by molar-refractivity contribution is 8.00. The fraction of sp³-hybridized carbons (Fsp3) is 0.214. The molecule has 0 N–H and O–H groups in total. The molecule has 0 saturated heterocycles. The first-order valence-electron chi connectivity index (χ1n) is 6.16. The van der Waals surface area contributed by atoms with Gasteiger partial charge in [-0.05, 0) is 36.8 Å². The van der Waals surface area contributed by atoms with Gasteiger partial charge in [0.25, 0.3) is 10.0 Å². The van der Waals surface area contributed by atoms with E-state index < -0.39 is 10.0 Å². The maximum atomic E-state index is 12.4. The van der Waals surface area contributed by atoms with Crippen molar-refractivity contribution < 1.29 is 8.42 Å². The molecule has 0 unspecified atom stereocenters. The van der Waals surface area contributed by atoms with Crippen molar-refractivity contribution in [3.63, 3.8) is 0 Å². The van der Waals surface area contributed by atoms with Crippen molar-refractivity contribution in [1.82, 2.24) is 4.41 Å². The molecule has 0 spiro atoms. The minimum absolute atomic E-state index is 0.239. The van der Waals surface area contributed by atoms with E-state index in [1.165, 1.54) is 7.05 Å². The van der Waals surface area contributed by atoms with E-state index in [1.807, 2.05) is 24.6 Å². The summed E-state index contributed by atoms with van der Waals surface area (Å²) in [6.45, 7) is 1.92. The van der Waals surface area contributed by atoms with E-state index in [2.05, 4.69) is 5.10 Å². The summed E-state index contributed by atoms with van der Waals surface area (Å²) in [5, 5.41) is 6.02. The molecule has 0 radical (unpaired) electrons. The third-order valence-electron chi connectivity index (χ3n) is 2.87. The van der Waals surface area contributed by atoms with Gasteiger partial charge in [-0.25, -0.2) is 0 Å². The van der Waals surface area contributed by atoms with Crippen molar-refractivity contribution in [1.29, 1.82) is 0 Å². The zero-order valence-corrected chi connectivity index (χ0v) is 14.4. The Morgan fingerprint density at radius 1 is 1.24 bits per heavy atom. The molecule has 4 nitrogen and oxygen atoms in total. The molecule has 0 bridgehead atoms. The lowest BCUT2D eigenvalue weighted by Crippen LogP contribution is -2.21. The number of rotatable bonds is 5. The first kappa shape index (κ1) is 16.1. The fourth-order valence-corrected chi connectivity index (χ4v) is 4.09. The molecular formula is C14H16N2O2S3. The molecule has 0 aliphatic heterocycles. The molecule has 1 aromatic heterocycles. The van der Waals surface area contributed by atoms with E-state index in [1.54, 1.807) is 53.6 Å². The third-order valence-corrected chi connectivity index (χ3v) is 6.64. The lowest BCUT2D eigenvalue weighted by Gasteiger charge is -2.13. The van der Waals surface area contributed by atoms with Gasteiger partial charge in [0.1, 0.15) is 0 Å². The van der Waals surface area contributed by atoms with Crippen molar-refractivity contribution in [3.05, 3.63) is 46.8 Å². The zero-order chi connectivity index (χ0) is 15.5. The van der Waals surface area contributed by atoms with Crippen LogP contribution in [0.2, 0.25) is 0 Å². The first-order chi connectivity index (χ1) is 9.95. The van der Waals surface area contributed by atoms with Gasteiger partial charge in [0.15, 0.2) is 0 Å². The van der Waals surface area contributed by atoms with Crippen LogP contribution < -0.4 is 0 Å². The highest BCUT2D eigenvalue weighted by Crippen LogP contribution is 2.25. The van der Waals surface area contributed by atoms with Crippen molar-refractivity contribution in [2.45, 2.75) is 16.0 Å². The second kappa shape index (κ2) is 6.64. The molecule has 1 aromatic carbocycles. The number of hydrogen-bond donors (Lipinski definition) is 0. The quantitative estimate of drug-likeness (QED) is 0.476. The van der Waals surface area contributed by atoms with Crippen LogP contribution >= 0.6 is 23.1 Å². The Morgan fingerprint density at radius 2 is 1.90 bits per heavy atom. The SMILES string of the molecule is CSc1sccc1/C=N\N(C)S(=O)(=O)c1ccc(C)cc1. The Bertz CT molecular complexity index is 734. The molecule has 1 heterocycles. The lowest BCUT2D eigenvalue weighted by molar-refractivity contribution is 0.491. The summed E-state index contributed by atoms with van der Waals surface area (Å²) in [6.07, 6.45) is 3.56. The van der Waals surface area contributed by atoms with E-state index in [9.17, 15) is 8.42 Å². The molecule has 0 aliphatic rings. The van der Waals surface area contributed by atoms with Crippen LogP contribution in [0.1, 0.15) is 11.1 Å². The molecule has 2 rings (SSSR count). The highest BCUT2D eigenvalue weighted by atomic mass is 32.2. The highest BCUT2D eigenvalue weighted by Gasteiger charge is 2.18. The number of benzene rings is 1. The molecule has 21 heavy (non-hydrogen) atoms. The number of aryl methyl sites for hydroxylation is 1. The third kappa shape index (κ3) is 3.66. The smallest absolute Gasteiger partial charge is 0.200 e. The standard InChI is InChI=1S/C14H16N2O2S3/c1-11-4-6-13(7-5-11)21(17,18)16(2)15-10-12-8-9-20-14(12)19-3/h4-10H,1-3H3/b15-10-. The Labute approximate surface area is 133 Å². The topological polar surface area (TPSA) is 49.7 Å².